The predicted octanol–water partition coefficient (Wildman–Crippen LogP) is 4.42. The number of rotatable bonds is 11. The maximum absolute atomic E-state index is 13.7. The first-order chi connectivity index (χ1) is 18.7. The van der Waals surface area contributed by atoms with Crippen LogP contribution in [0.15, 0.2) is 47.8 Å². The van der Waals surface area contributed by atoms with Crippen molar-refractivity contribution in [3.8, 4) is 28.3 Å². The number of nitrogen functional groups attached to an aromatic ring is 1. The second kappa shape index (κ2) is 12.2. The number of ether oxygens (including phenoxy) is 1. The SMILES string of the molecule is CC/C(N)=C(\COc1nc(N)nc(-c2ccc(F)cc2)c1-c1cc(C)nc(C(F)F)c1)N(N)CC(C)(C)C(=O)O. The monoisotopic (exact) mass is 559 g/mol. The number of alkyl halides is 2. The minimum Gasteiger partial charge on any atom is -0.481 e. The number of carboxylic acid groups (broad SMARTS) is 1. The number of carbonyl (C=O) groups is 1. The van der Waals surface area contributed by atoms with E-state index in [1.807, 2.05) is 0 Å². The fourth-order valence-corrected chi connectivity index (χ4v) is 3.88. The van der Waals surface area contributed by atoms with E-state index in [0.717, 1.165) is 0 Å². The quantitative estimate of drug-likeness (QED) is 0.195. The normalized spacial score (nSPS) is 12.3. The van der Waals surface area contributed by atoms with Crippen LogP contribution in [0.2, 0.25) is 0 Å². The van der Waals surface area contributed by atoms with Gasteiger partial charge in [0.2, 0.25) is 11.8 Å². The molecule has 0 aliphatic heterocycles. The Morgan fingerprint density at radius 3 is 2.35 bits per heavy atom. The third kappa shape index (κ3) is 6.97. The highest BCUT2D eigenvalue weighted by Gasteiger charge is 2.31. The van der Waals surface area contributed by atoms with Gasteiger partial charge in [-0.1, -0.05) is 6.92 Å². The lowest BCUT2D eigenvalue weighted by atomic mass is 9.93. The van der Waals surface area contributed by atoms with Gasteiger partial charge in [0.25, 0.3) is 6.43 Å². The van der Waals surface area contributed by atoms with Gasteiger partial charge >= 0.3 is 5.97 Å². The van der Waals surface area contributed by atoms with Crippen molar-refractivity contribution >= 4 is 11.9 Å². The third-order valence-electron chi connectivity index (χ3n) is 6.08. The van der Waals surface area contributed by atoms with E-state index in [9.17, 15) is 23.1 Å². The molecule has 3 aromatic rings. The highest BCUT2D eigenvalue weighted by atomic mass is 19.3. The lowest BCUT2D eigenvalue weighted by Gasteiger charge is -2.30. The Morgan fingerprint density at radius 2 is 1.77 bits per heavy atom. The highest BCUT2D eigenvalue weighted by molar-refractivity contribution is 5.85. The second-order valence-corrected chi connectivity index (χ2v) is 9.77. The van der Waals surface area contributed by atoms with E-state index in [4.69, 9.17) is 22.0 Å². The summed E-state index contributed by atoms with van der Waals surface area (Å²) in [7, 11) is 0. The number of hydrazine groups is 1. The van der Waals surface area contributed by atoms with Gasteiger partial charge in [-0.15, -0.1) is 0 Å². The van der Waals surface area contributed by atoms with Crippen molar-refractivity contribution in [3.05, 3.63) is 65.0 Å². The van der Waals surface area contributed by atoms with E-state index < -0.39 is 29.3 Å². The van der Waals surface area contributed by atoms with Gasteiger partial charge in [-0.3, -0.25) is 9.78 Å². The number of hydrogen-bond acceptors (Lipinski definition) is 9. The minimum absolute atomic E-state index is 0.0788. The number of nitrogens with two attached hydrogens (primary N) is 3. The van der Waals surface area contributed by atoms with Gasteiger partial charge in [-0.25, -0.2) is 24.0 Å². The summed E-state index contributed by atoms with van der Waals surface area (Å²) >= 11 is 0. The molecule has 0 spiro atoms. The Bertz CT molecular complexity index is 1410. The molecule has 3 rings (SSSR count). The molecule has 13 heteroatoms. The van der Waals surface area contributed by atoms with Gasteiger partial charge in [-0.05, 0) is 69.2 Å². The molecule has 2 aromatic heterocycles. The summed E-state index contributed by atoms with van der Waals surface area (Å²) in [5.74, 6) is 4.42. The number of hydrogen-bond donors (Lipinski definition) is 4. The van der Waals surface area contributed by atoms with Crippen LogP contribution in [0.25, 0.3) is 22.4 Å². The average Bonchev–Trinajstić information content (AvgIpc) is 2.87. The molecule has 40 heavy (non-hydrogen) atoms. The number of nitrogens with zero attached hydrogens (tertiary/aromatic N) is 4. The fraction of sp³-hybridized carbons (Fsp3) is 0.333. The van der Waals surface area contributed by atoms with Crippen molar-refractivity contribution < 1.29 is 27.8 Å². The summed E-state index contributed by atoms with van der Waals surface area (Å²) < 4.78 is 47.1. The number of aromatic nitrogens is 3. The first-order valence-corrected chi connectivity index (χ1v) is 12.3. The fourth-order valence-electron chi connectivity index (χ4n) is 3.88. The van der Waals surface area contributed by atoms with E-state index >= 15 is 0 Å². The maximum atomic E-state index is 13.7. The van der Waals surface area contributed by atoms with Crippen molar-refractivity contribution in [1.29, 1.82) is 0 Å². The first-order valence-electron chi connectivity index (χ1n) is 12.3. The molecule has 0 unspecified atom stereocenters. The van der Waals surface area contributed by atoms with Crippen LogP contribution in [0.1, 0.15) is 45.0 Å². The average molecular weight is 560 g/mol. The van der Waals surface area contributed by atoms with Crippen molar-refractivity contribution in [2.75, 3.05) is 18.9 Å². The summed E-state index contributed by atoms with van der Waals surface area (Å²) in [4.78, 5) is 24.1. The van der Waals surface area contributed by atoms with Gasteiger partial charge < -0.3 is 26.3 Å². The Balaban J connectivity index is 2.17. The Hall–Kier alpha value is -4.39. The van der Waals surface area contributed by atoms with Gasteiger partial charge in [-0.2, -0.15) is 4.98 Å². The van der Waals surface area contributed by atoms with Gasteiger partial charge in [0.05, 0.1) is 22.4 Å². The molecule has 214 valence electrons. The number of pyridine rings is 1. The summed E-state index contributed by atoms with van der Waals surface area (Å²) in [5.41, 5.74) is 12.6. The molecule has 0 fully saturated rings. The zero-order chi connectivity index (χ0) is 29.8. The van der Waals surface area contributed by atoms with Crippen molar-refractivity contribution in [2.45, 2.75) is 40.5 Å². The summed E-state index contributed by atoms with van der Waals surface area (Å²) in [6.07, 6.45) is -2.48. The summed E-state index contributed by atoms with van der Waals surface area (Å²) in [6.45, 7) is 6.02. The minimum atomic E-state index is -2.85. The molecular formula is C27H32F3N7O3. The van der Waals surface area contributed by atoms with E-state index in [0.29, 0.717) is 29.1 Å². The molecule has 0 bridgehead atoms. The van der Waals surface area contributed by atoms with E-state index in [2.05, 4.69) is 15.0 Å². The predicted molar refractivity (Wildman–Crippen MR) is 144 cm³/mol. The molecule has 0 radical (unpaired) electrons. The smallest absolute Gasteiger partial charge is 0.310 e. The number of allylic oxidation sites excluding steroid dienone is 1. The number of benzene rings is 1. The van der Waals surface area contributed by atoms with Gasteiger partial charge in [0.1, 0.15) is 18.1 Å². The van der Waals surface area contributed by atoms with Crippen molar-refractivity contribution in [1.82, 2.24) is 20.0 Å². The largest absolute Gasteiger partial charge is 0.481 e. The first kappa shape index (κ1) is 30.2. The van der Waals surface area contributed by atoms with Crippen molar-refractivity contribution in [2.24, 2.45) is 17.0 Å². The Kier molecular flexibility index (Phi) is 9.20. The van der Waals surface area contributed by atoms with Gasteiger partial charge in [0.15, 0.2) is 0 Å². The molecule has 1 aromatic carbocycles. The number of halogens is 3. The van der Waals surface area contributed by atoms with Gasteiger partial charge in [0, 0.05) is 23.5 Å². The zero-order valence-corrected chi connectivity index (χ0v) is 22.6. The number of anilines is 1. The zero-order valence-electron chi connectivity index (χ0n) is 22.6. The van der Waals surface area contributed by atoms with E-state index in [-0.39, 0.29) is 41.8 Å². The van der Waals surface area contributed by atoms with E-state index in [1.54, 1.807) is 19.9 Å². The molecular weight excluding hydrogens is 527 g/mol. The van der Waals surface area contributed by atoms with Crippen LogP contribution in [0.4, 0.5) is 19.1 Å². The van der Waals surface area contributed by atoms with Crippen LogP contribution >= 0.6 is 0 Å². The molecule has 0 saturated heterocycles. The Labute approximate surface area is 229 Å². The molecule has 0 saturated carbocycles. The van der Waals surface area contributed by atoms with Crippen molar-refractivity contribution in [3.63, 3.8) is 0 Å². The molecule has 0 atom stereocenters. The second-order valence-electron chi connectivity index (χ2n) is 9.77. The molecule has 7 N–H and O–H groups in total. The number of carboxylic acids is 1. The van der Waals surface area contributed by atoms with E-state index in [1.165, 1.54) is 49.2 Å². The van der Waals surface area contributed by atoms with Crippen LogP contribution in [0.3, 0.4) is 0 Å². The number of aryl methyl sites for hydroxylation is 1. The summed E-state index contributed by atoms with van der Waals surface area (Å²) in [5, 5.41) is 10.7. The molecule has 10 nitrogen and oxygen atoms in total. The Morgan fingerprint density at radius 1 is 1.12 bits per heavy atom. The topological polar surface area (TPSA) is 166 Å². The van der Waals surface area contributed by atoms with Crippen LogP contribution in [-0.4, -0.2) is 44.2 Å². The maximum Gasteiger partial charge on any atom is 0.310 e. The summed E-state index contributed by atoms with van der Waals surface area (Å²) in [6, 6.07) is 8.11. The number of aliphatic carboxylic acids is 1. The van der Waals surface area contributed by atoms with Crippen LogP contribution < -0.4 is 22.0 Å². The van der Waals surface area contributed by atoms with Crippen LogP contribution in [-0.2, 0) is 4.79 Å². The lowest BCUT2D eigenvalue weighted by molar-refractivity contribution is -0.147. The standard InChI is InChI=1S/C27H32F3N7O3/c1-5-18(31)20(37(33)13-27(3,4)25(38)39)12-40-24-21(16-10-14(2)34-19(11-16)23(29)30)22(35-26(32)36-24)15-6-8-17(28)9-7-15/h6-11,23H,5,12-13,31,33H2,1-4H3,(H,38,39)(H2,32,35,36)/b20-18-. The lowest BCUT2D eigenvalue weighted by Crippen LogP contribution is -2.44. The highest BCUT2D eigenvalue weighted by Crippen LogP contribution is 2.39. The third-order valence-corrected chi connectivity index (χ3v) is 6.08. The van der Waals surface area contributed by atoms with Crippen LogP contribution in [0, 0.1) is 18.2 Å². The molecule has 2 heterocycles. The van der Waals surface area contributed by atoms with Crippen LogP contribution in [0.5, 0.6) is 5.88 Å². The molecule has 0 aliphatic rings. The molecule has 0 amide bonds. The molecule has 0 aliphatic carbocycles.